The summed E-state index contributed by atoms with van der Waals surface area (Å²) < 4.78 is 7.64. The number of aromatic nitrogens is 2. The first kappa shape index (κ1) is 19.9. The fraction of sp³-hybridized carbons (Fsp3) is 0.810. The Morgan fingerprint density at radius 1 is 1.14 bits per heavy atom. The molecule has 156 valence electrons. The highest BCUT2D eigenvalue weighted by Crippen LogP contribution is 2.26. The molecule has 3 fully saturated rings. The number of piperidine rings is 2. The van der Waals surface area contributed by atoms with Gasteiger partial charge < -0.3 is 14.2 Å². The minimum Gasteiger partial charge on any atom is -0.378 e. The Morgan fingerprint density at radius 3 is 2.68 bits per heavy atom. The molecule has 0 N–H and O–H groups in total. The molecule has 3 saturated heterocycles. The number of amides is 1. The van der Waals surface area contributed by atoms with Crippen molar-refractivity contribution in [3.05, 3.63) is 18.2 Å². The van der Waals surface area contributed by atoms with Crippen molar-refractivity contribution >= 4 is 5.91 Å². The summed E-state index contributed by atoms with van der Waals surface area (Å²) >= 11 is 0. The third kappa shape index (κ3) is 4.58. The Morgan fingerprint density at radius 2 is 1.93 bits per heavy atom. The van der Waals surface area contributed by atoms with Crippen molar-refractivity contribution in [1.29, 1.82) is 0 Å². The van der Waals surface area contributed by atoms with Crippen molar-refractivity contribution < 1.29 is 9.53 Å². The molecule has 4 heterocycles. The van der Waals surface area contributed by atoms with E-state index in [4.69, 9.17) is 4.74 Å². The molecule has 0 bridgehead atoms. The molecule has 1 aromatic heterocycles. The van der Waals surface area contributed by atoms with Crippen molar-refractivity contribution in [2.45, 2.75) is 51.7 Å². The zero-order chi connectivity index (χ0) is 19.3. The second kappa shape index (κ2) is 9.37. The third-order valence-corrected chi connectivity index (χ3v) is 6.71. The number of rotatable bonds is 5. The Labute approximate surface area is 168 Å². The molecule has 3 aliphatic heterocycles. The van der Waals surface area contributed by atoms with Crippen LogP contribution in [0.15, 0.2) is 12.4 Å². The predicted molar refractivity (Wildman–Crippen MR) is 108 cm³/mol. The average Bonchev–Trinajstić information content (AvgIpc) is 3.21. The van der Waals surface area contributed by atoms with E-state index in [0.717, 1.165) is 65.2 Å². The minimum absolute atomic E-state index is 0.182. The lowest BCUT2D eigenvalue weighted by Gasteiger charge is -2.43. The van der Waals surface area contributed by atoms with E-state index in [0.29, 0.717) is 25.2 Å². The summed E-state index contributed by atoms with van der Waals surface area (Å²) in [6, 6.07) is 0.627. The molecule has 3 aliphatic rings. The number of carbonyl (C=O) groups is 1. The molecule has 0 radical (unpaired) electrons. The van der Waals surface area contributed by atoms with Crippen LogP contribution in [0.3, 0.4) is 0 Å². The van der Waals surface area contributed by atoms with Crippen molar-refractivity contribution in [2.75, 3.05) is 52.5 Å². The van der Waals surface area contributed by atoms with Crippen LogP contribution in [0.5, 0.6) is 0 Å². The molecule has 7 nitrogen and oxygen atoms in total. The molecule has 0 spiro atoms. The normalized spacial score (nSPS) is 25.9. The van der Waals surface area contributed by atoms with Gasteiger partial charge in [0.2, 0.25) is 5.91 Å². The summed E-state index contributed by atoms with van der Waals surface area (Å²) in [4.78, 5) is 24.6. The van der Waals surface area contributed by atoms with Crippen molar-refractivity contribution in [1.82, 2.24) is 24.3 Å². The van der Waals surface area contributed by atoms with E-state index in [1.807, 2.05) is 11.1 Å². The Balaban J connectivity index is 1.26. The number of hydrogen-bond acceptors (Lipinski definition) is 5. The SMILES string of the molecule is CCn1ccnc1CN1CCC(N2CCC[C@@H](C(=O)N3CCOCC3)C2)CC1. The van der Waals surface area contributed by atoms with Crippen molar-refractivity contribution in [3.63, 3.8) is 0 Å². The second-order valence-corrected chi connectivity index (χ2v) is 8.41. The number of likely N-dealkylation sites (tertiary alicyclic amines) is 2. The molecule has 7 heteroatoms. The number of imidazole rings is 1. The van der Waals surface area contributed by atoms with Gasteiger partial charge in [-0.05, 0) is 39.2 Å². The van der Waals surface area contributed by atoms with Gasteiger partial charge in [0, 0.05) is 57.7 Å². The van der Waals surface area contributed by atoms with Crippen LogP contribution >= 0.6 is 0 Å². The number of morpholine rings is 1. The van der Waals surface area contributed by atoms with E-state index >= 15 is 0 Å². The van der Waals surface area contributed by atoms with Crippen LogP contribution in [0.1, 0.15) is 38.4 Å². The molecule has 0 unspecified atom stereocenters. The van der Waals surface area contributed by atoms with Crippen LogP contribution in [0.4, 0.5) is 0 Å². The van der Waals surface area contributed by atoms with E-state index in [2.05, 4.69) is 32.5 Å². The first-order valence-electron chi connectivity index (χ1n) is 11.1. The molecular weight excluding hydrogens is 354 g/mol. The molecule has 1 amide bonds. The van der Waals surface area contributed by atoms with Crippen LogP contribution in [0, 0.1) is 5.92 Å². The van der Waals surface area contributed by atoms with Gasteiger partial charge in [0.1, 0.15) is 5.82 Å². The van der Waals surface area contributed by atoms with Crippen LogP contribution in [0.2, 0.25) is 0 Å². The third-order valence-electron chi connectivity index (χ3n) is 6.71. The first-order valence-corrected chi connectivity index (χ1v) is 11.1. The van der Waals surface area contributed by atoms with Crippen molar-refractivity contribution in [2.24, 2.45) is 5.92 Å². The van der Waals surface area contributed by atoms with Gasteiger partial charge in [0.25, 0.3) is 0 Å². The fourth-order valence-electron chi connectivity index (χ4n) is 5.00. The zero-order valence-corrected chi connectivity index (χ0v) is 17.3. The van der Waals surface area contributed by atoms with E-state index < -0.39 is 0 Å². The molecule has 0 aliphatic carbocycles. The van der Waals surface area contributed by atoms with Gasteiger partial charge in [-0.3, -0.25) is 14.6 Å². The quantitative estimate of drug-likeness (QED) is 0.763. The molecule has 4 rings (SSSR count). The standard InChI is InChI=1S/C21H35N5O2/c1-2-24-11-7-22-20(24)17-23-9-5-19(6-10-23)26-8-3-4-18(16-26)21(27)25-12-14-28-15-13-25/h7,11,18-19H,2-6,8-10,12-17H2,1H3/t18-/m1/s1. The van der Waals surface area contributed by atoms with Crippen LogP contribution in [-0.4, -0.2) is 88.7 Å². The maximum absolute atomic E-state index is 12.9. The average molecular weight is 390 g/mol. The predicted octanol–water partition coefficient (Wildman–Crippen LogP) is 1.44. The van der Waals surface area contributed by atoms with Crippen LogP contribution < -0.4 is 0 Å². The summed E-state index contributed by atoms with van der Waals surface area (Å²) in [5.74, 6) is 1.72. The molecular formula is C21H35N5O2. The monoisotopic (exact) mass is 389 g/mol. The Bertz CT molecular complexity index is 634. The fourth-order valence-corrected chi connectivity index (χ4v) is 5.00. The van der Waals surface area contributed by atoms with Crippen LogP contribution in [0.25, 0.3) is 0 Å². The molecule has 0 aromatic carbocycles. The lowest BCUT2D eigenvalue weighted by Crippen LogP contribution is -2.52. The summed E-state index contributed by atoms with van der Waals surface area (Å²) in [6.07, 6.45) is 8.57. The highest BCUT2D eigenvalue weighted by atomic mass is 16.5. The van der Waals surface area contributed by atoms with Gasteiger partial charge in [0.15, 0.2) is 0 Å². The summed E-state index contributed by atoms with van der Waals surface area (Å²) in [5.41, 5.74) is 0. The number of aryl methyl sites for hydroxylation is 1. The van der Waals surface area contributed by atoms with Gasteiger partial charge in [-0.15, -0.1) is 0 Å². The van der Waals surface area contributed by atoms with Gasteiger partial charge in [0.05, 0.1) is 25.7 Å². The largest absolute Gasteiger partial charge is 0.378 e. The topological polar surface area (TPSA) is 53.8 Å². The number of carbonyl (C=O) groups excluding carboxylic acids is 1. The number of nitrogens with zero attached hydrogens (tertiary/aromatic N) is 5. The molecule has 1 aromatic rings. The maximum atomic E-state index is 12.9. The Kier molecular flexibility index (Phi) is 6.65. The zero-order valence-electron chi connectivity index (χ0n) is 17.3. The van der Waals surface area contributed by atoms with Crippen LogP contribution in [-0.2, 0) is 22.6 Å². The minimum atomic E-state index is 0.182. The van der Waals surface area contributed by atoms with E-state index in [1.54, 1.807) is 0 Å². The molecule has 1 atom stereocenters. The molecule has 28 heavy (non-hydrogen) atoms. The highest BCUT2D eigenvalue weighted by Gasteiger charge is 2.34. The van der Waals surface area contributed by atoms with Gasteiger partial charge in [-0.2, -0.15) is 0 Å². The maximum Gasteiger partial charge on any atom is 0.227 e. The lowest BCUT2D eigenvalue weighted by atomic mass is 9.92. The summed E-state index contributed by atoms with van der Waals surface area (Å²) in [7, 11) is 0. The second-order valence-electron chi connectivity index (χ2n) is 8.41. The lowest BCUT2D eigenvalue weighted by molar-refractivity contribution is -0.142. The van der Waals surface area contributed by atoms with E-state index in [1.165, 1.54) is 18.7 Å². The first-order chi connectivity index (χ1) is 13.7. The number of hydrogen-bond donors (Lipinski definition) is 0. The van der Waals surface area contributed by atoms with Gasteiger partial charge in [-0.1, -0.05) is 0 Å². The Hall–Kier alpha value is -1.44. The summed E-state index contributed by atoms with van der Waals surface area (Å²) in [6.45, 7) is 11.4. The van der Waals surface area contributed by atoms with E-state index in [9.17, 15) is 4.79 Å². The molecule has 0 saturated carbocycles. The van der Waals surface area contributed by atoms with Crippen molar-refractivity contribution in [3.8, 4) is 0 Å². The van der Waals surface area contributed by atoms with E-state index in [-0.39, 0.29) is 5.92 Å². The van der Waals surface area contributed by atoms with Gasteiger partial charge >= 0.3 is 0 Å². The number of ether oxygens (including phenoxy) is 1. The van der Waals surface area contributed by atoms with Gasteiger partial charge in [-0.25, -0.2) is 4.98 Å². The smallest absolute Gasteiger partial charge is 0.227 e. The summed E-state index contributed by atoms with van der Waals surface area (Å²) in [5, 5.41) is 0. The highest BCUT2D eigenvalue weighted by molar-refractivity contribution is 5.79.